The molecule has 1 fully saturated rings. The molecule has 1 heterocycles. The molecule has 0 bridgehead atoms. The molecule has 5 nitrogen and oxygen atoms in total. The molecule has 6 heteroatoms. The maximum atomic E-state index is 11.7. The van der Waals surface area contributed by atoms with Gasteiger partial charge in [-0.15, -0.1) is 0 Å². The summed E-state index contributed by atoms with van der Waals surface area (Å²) < 4.78 is 24.9. The predicted molar refractivity (Wildman–Crippen MR) is 88.7 cm³/mol. The van der Waals surface area contributed by atoms with E-state index in [1.807, 2.05) is 0 Å². The van der Waals surface area contributed by atoms with E-state index in [4.69, 9.17) is 5.73 Å². The molecule has 0 radical (unpaired) electrons. The van der Waals surface area contributed by atoms with Crippen molar-refractivity contribution in [3.05, 3.63) is 0 Å². The van der Waals surface area contributed by atoms with Crippen molar-refractivity contribution in [1.29, 1.82) is 0 Å². The van der Waals surface area contributed by atoms with Crippen molar-refractivity contribution in [2.24, 2.45) is 17.6 Å². The van der Waals surface area contributed by atoms with Crippen LogP contribution in [0.3, 0.4) is 0 Å². The van der Waals surface area contributed by atoms with Crippen LogP contribution >= 0.6 is 0 Å². The lowest BCUT2D eigenvalue weighted by molar-refractivity contribution is 0.0275. The Kier molecular flexibility index (Phi) is 6.65. The van der Waals surface area contributed by atoms with E-state index >= 15 is 0 Å². The van der Waals surface area contributed by atoms with Gasteiger partial charge in [-0.2, -0.15) is 4.31 Å². The summed E-state index contributed by atoms with van der Waals surface area (Å²) in [4.78, 5) is 2.44. The van der Waals surface area contributed by atoms with Crippen LogP contribution < -0.4 is 5.73 Å². The molecule has 1 rings (SSSR count). The van der Waals surface area contributed by atoms with Crippen LogP contribution in [0.5, 0.6) is 0 Å². The summed E-state index contributed by atoms with van der Waals surface area (Å²) in [6.45, 7) is 12.3. The van der Waals surface area contributed by atoms with Gasteiger partial charge in [-0.05, 0) is 24.7 Å². The SMILES string of the molecule is CC(C)CC(CN)(CC(C)C)N1CCN(S(C)(=O)=O)CC1. The van der Waals surface area contributed by atoms with Gasteiger partial charge in [0.15, 0.2) is 0 Å². The van der Waals surface area contributed by atoms with Crippen molar-refractivity contribution < 1.29 is 8.42 Å². The highest BCUT2D eigenvalue weighted by atomic mass is 32.2. The van der Waals surface area contributed by atoms with Crippen LogP contribution in [0, 0.1) is 11.8 Å². The molecule has 0 aromatic heterocycles. The van der Waals surface area contributed by atoms with Crippen molar-refractivity contribution in [2.45, 2.75) is 46.1 Å². The fraction of sp³-hybridized carbons (Fsp3) is 1.00. The van der Waals surface area contributed by atoms with Crippen LogP contribution in [0.4, 0.5) is 0 Å². The number of piperazine rings is 1. The molecule has 0 aromatic carbocycles. The van der Waals surface area contributed by atoms with E-state index in [1.54, 1.807) is 4.31 Å². The molecule has 0 aliphatic carbocycles. The van der Waals surface area contributed by atoms with Gasteiger partial charge in [0.2, 0.25) is 10.0 Å². The van der Waals surface area contributed by atoms with Crippen LogP contribution in [0.2, 0.25) is 0 Å². The summed E-state index contributed by atoms with van der Waals surface area (Å²) in [5, 5.41) is 0. The van der Waals surface area contributed by atoms with Gasteiger partial charge in [-0.25, -0.2) is 8.42 Å². The molecule has 2 N–H and O–H groups in total. The molecule has 1 aliphatic heterocycles. The Bertz CT molecular complexity index is 403. The number of hydrogen-bond donors (Lipinski definition) is 1. The summed E-state index contributed by atoms with van der Waals surface area (Å²) in [5.41, 5.74) is 6.19. The zero-order chi connectivity index (χ0) is 16.3. The van der Waals surface area contributed by atoms with Gasteiger partial charge >= 0.3 is 0 Å². The summed E-state index contributed by atoms with van der Waals surface area (Å²) in [6, 6.07) is 0. The average molecular weight is 320 g/mol. The van der Waals surface area contributed by atoms with Crippen LogP contribution in [-0.4, -0.2) is 62.1 Å². The van der Waals surface area contributed by atoms with E-state index in [9.17, 15) is 8.42 Å². The molecular weight excluding hydrogens is 286 g/mol. The first-order valence-corrected chi connectivity index (χ1v) is 9.86. The van der Waals surface area contributed by atoms with E-state index in [0.29, 0.717) is 31.5 Å². The summed E-state index contributed by atoms with van der Waals surface area (Å²) >= 11 is 0. The molecular formula is C15H33N3O2S. The molecule has 0 saturated carbocycles. The Morgan fingerprint density at radius 2 is 1.43 bits per heavy atom. The van der Waals surface area contributed by atoms with Crippen LogP contribution in [0.25, 0.3) is 0 Å². The lowest BCUT2D eigenvalue weighted by atomic mass is 9.80. The lowest BCUT2D eigenvalue weighted by Gasteiger charge is -2.49. The quantitative estimate of drug-likeness (QED) is 0.769. The largest absolute Gasteiger partial charge is 0.329 e. The highest BCUT2D eigenvalue weighted by Gasteiger charge is 2.39. The highest BCUT2D eigenvalue weighted by molar-refractivity contribution is 7.88. The summed E-state index contributed by atoms with van der Waals surface area (Å²) in [5.74, 6) is 1.17. The molecule has 1 saturated heterocycles. The number of nitrogens with zero attached hydrogens (tertiary/aromatic N) is 2. The van der Waals surface area contributed by atoms with Crippen molar-refractivity contribution >= 4 is 10.0 Å². The Labute approximate surface area is 130 Å². The minimum atomic E-state index is -3.07. The number of hydrogen-bond acceptors (Lipinski definition) is 4. The monoisotopic (exact) mass is 319 g/mol. The first-order valence-electron chi connectivity index (χ1n) is 8.01. The fourth-order valence-electron chi connectivity index (χ4n) is 3.65. The van der Waals surface area contributed by atoms with Gasteiger partial charge in [0.1, 0.15) is 0 Å². The smallest absolute Gasteiger partial charge is 0.211 e. The van der Waals surface area contributed by atoms with E-state index < -0.39 is 10.0 Å². The van der Waals surface area contributed by atoms with Gasteiger partial charge in [0.25, 0.3) is 0 Å². The van der Waals surface area contributed by atoms with Crippen molar-refractivity contribution in [3.63, 3.8) is 0 Å². The highest BCUT2D eigenvalue weighted by Crippen LogP contribution is 2.31. The van der Waals surface area contributed by atoms with Gasteiger partial charge in [-0.3, -0.25) is 4.90 Å². The first kappa shape index (κ1) is 18.9. The van der Waals surface area contributed by atoms with Gasteiger partial charge in [0.05, 0.1) is 6.26 Å². The normalized spacial score (nSPS) is 19.6. The van der Waals surface area contributed by atoms with E-state index in [1.165, 1.54) is 6.26 Å². The molecule has 0 amide bonds. The van der Waals surface area contributed by atoms with Crippen LogP contribution in [0.15, 0.2) is 0 Å². The fourth-order valence-corrected chi connectivity index (χ4v) is 4.48. The Morgan fingerprint density at radius 1 is 1.00 bits per heavy atom. The Hall–Kier alpha value is -0.170. The van der Waals surface area contributed by atoms with Gasteiger partial charge < -0.3 is 5.73 Å². The topological polar surface area (TPSA) is 66.6 Å². The maximum Gasteiger partial charge on any atom is 0.211 e. The maximum absolute atomic E-state index is 11.7. The Balaban J connectivity index is 2.86. The zero-order valence-electron chi connectivity index (χ0n) is 14.3. The number of sulfonamides is 1. The predicted octanol–water partition coefficient (Wildman–Crippen LogP) is 1.35. The minimum Gasteiger partial charge on any atom is -0.329 e. The second-order valence-electron chi connectivity index (χ2n) is 7.27. The third kappa shape index (κ3) is 5.20. The van der Waals surface area contributed by atoms with Gasteiger partial charge in [-0.1, -0.05) is 27.7 Å². The zero-order valence-corrected chi connectivity index (χ0v) is 15.1. The second kappa shape index (κ2) is 7.40. The van der Waals surface area contributed by atoms with Crippen LogP contribution in [0.1, 0.15) is 40.5 Å². The van der Waals surface area contributed by atoms with Crippen LogP contribution in [-0.2, 0) is 10.0 Å². The van der Waals surface area contributed by atoms with E-state index in [2.05, 4.69) is 32.6 Å². The molecule has 0 atom stereocenters. The van der Waals surface area contributed by atoms with E-state index in [-0.39, 0.29) is 5.54 Å². The molecule has 21 heavy (non-hydrogen) atoms. The van der Waals surface area contributed by atoms with E-state index in [0.717, 1.165) is 25.9 Å². The van der Waals surface area contributed by atoms with Crippen molar-refractivity contribution in [2.75, 3.05) is 39.0 Å². The third-order valence-electron chi connectivity index (χ3n) is 4.33. The molecule has 0 aromatic rings. The second-order valence-corrected chi connectivity index (χ2v) is 9.26. The minimum absolute atomic E-state index is 0.00588. The molecule has 1 aliphatic rings. The number of nitrogens with two attached hydrogens (primary N) is 1. The molecule has 126 valence electrons. The Morgan fingerprint density at radius 3 is 1.71 bits per heavy atom. The summed E-state index contributed by atoms with van der Waals surface area (Å²) in [7, 11) is -3.07. The average Bonchev–Trinajstić information content (AvgIpc) is 2.35. The lowest BCUT2D eigenvalue weighted by Crippen LogP contribution is -2.61. The van der Waals surface area contributed by atoms with Gasteiger partial charge in [0, 0.05) is 38.3 Å². The number of rotatable bonds is 7. The van der Waals surface area contributed by atoms with Crippen molar-refractivity contribution in [3.8, 4) is 0 Å². The standard InChI is InChI=1S/C15H33N3O2S/c1-13(2)10-15(12-16,11-14(3)4)17-6-8-18(9-7-17)21(5,19)20/h13-14H,6-12,16H2,1-5H3. The first-order chi connectivity index (χ1) is 9.60. The third-order valence-corrected chi connectivity index (χ3v) is 5.64. The van der Waals surface area contributed by atoms with Crippen molar-refractivity contribution in [1.82, 2.24) is 9.21 Å². The molecule has 0 unspecified atom stereocenters. The summed E-state index contributed by atoms with van der Waals surface area (Å²) in [6.07, 6.45) is 3.43. The molecule has 0 spiro atoms.